The van der Waals surface area contributed by atoms with Gasteiger partial charge in [-0.15, -0.1) is 0 Å². The third kappa shape index (κ3) is 1.99. The molecule has 0 bridgehead atoms. The standard InChI is InChI=1S/C20H16N4O/c1-12-7-13(2)9-14(8-12)23-10-17(25)18-19(23)21-11-24-16-6-4-3-5-15(16)22-20(18)24/h3-9,11H,10H2,1-2H3. The van der Waals surface area contributed by atoms with Crippen molar-refractivity contribution in [2.24, 2.45) is 0 Å². The minimum absolute atomic E-state index is 0.0579. The Labute approximate surface area is 144 Å². The van der Waals surface area contributed by atoms with Gasteiger partial charge in [0.15, 0.2) is 11.4 Å². The Balaban J connectivity index is 1.77. The number of benzene rings is 2. The van der Waals surface area contributed by atoms with E-state index in [0.717, 1.165) is 16.7 Å². The third-order valence-electron chi connectivity index (χ3n) is 4.69. The van der Waals surface area contributed by atoms with Gasteiger partial charge in [0, 0.05) is 5.69 Å². The zero-order chi connectivity index (χ0) is 17.1. The molecule has 2 aromatic heterocycles. The maximum Gasteiger partial charge on any atom is 0.190 e. The number of hydrogen-bond acceptors (Lipinski definition) is 4. The largest absolute Gasteiger partial charge is 0.318 e. The van der Waals surface area contributed by atoms with Crippen LogP contribution in [0.15, 0.2) is 48.8 Å². The second-order valence-corrected chi connectivity index (χ2v) is 6.59. The van der Waals surface area contributed by atoms with Crippen molar-refractivity contribution in [3.63, 3.8) is 0 Å². The highest BCUT2D eigenvalue weighted by molar-refractivity contribution is 6.14. The number of carbonyl (C=O) groups is 1. The van der Waals surface area contributed by atoms with E-state index in [4.69, 9.17) is 0 Å². The average Bonchev–Trinajstić information content (AvgIpc) is 3.12. The molecule has 0 saturated carbocycles. The van der Waals surface area contributed by atoms with Gasteiger partial charge in [0.05, 0.1) is 17.6 Å². The maximum atomic E-state index is 12.8. The van der Waals surface area contributed by atoms with Gasteiger partial charge in [-0.3, -0.25) is 9.20 Å². The van der Waals surface area contributed by atoms with Crippen molar-refractivity contribution < 1.29 is 4.79 Å². The van der Waals surface area contributed by atoms with E-state index < -0.39 is 0 Å². The molecule has 0 fully saturated rings. The Bertz CT molecular complexity index is 1150. The van der Waals surface area contributed by atoms with Crippen LogP contribution in [0.5, 0.6) is 0 Å². The Morgan fingerprint density at radius 3 is 2.60 bits per heavy atom. The first-order valence-electron chi connectivity index (χ1n) is 8.26. The molecule has 5 rings (SSSR count). The molecule has 0 unspecified atom stereocenters. The van der Waals surface area contributed by atoms with Gasteiger partial charge in [0.25, 0.3) is 0 Å². The molecule has 5 nitrogen and oxygen atoms in total. The number of rotatable bonds is 1. The Morgan fingerprint density at radius 1 is 1.04 bits per heavy atom. The summed E-state index contributed by atoms with van der Waals surface area (Å²) in [5.74, 6) is 0.750. The predicted molar refractivity (Wildman–Crippen MR) is 97.7 cm³/mol. The van der Waals surface area contributed by atoms with E-state index in [1.807, 2.05) is 33.6 Å². The van der Waals surface area contributed by atoms with E-state index in [-0.39, 0.29) is 5.78 Å². The number of para-hydroxylation sites is 2. The number of hydrogen-bond donors (Lipinski definition) is 0. The smallest absolute Gasteiger partial charge is 0.190 e. The van der Waals surface area contributed by atoms with Crippen molar-refractivity contribution in [1.29, 1.82) is 0 Å². The van der Waals surface area contributed by atoms with Crippen LogP contribution in [-0.2, 0) is 0 Å². The van der Waals surface area contributed by atoms with E-state index in [9.17, 15) is 4.79 Å². The van der Waals surface area contributed by atoms with Crippen molar-refractivity contribution in [3.8, 4) is 0 Å². The molecule has 0 radical (unpaired) electrons. The van der Waals surface area contributed by atoms with Crippen molar-refractivity contribution >= 4 is 34.0 Å². The average molecular weight is 328 g/mol. The molecule has 0 amide bonds. The molecular formula is C20H16N4O. The summed E-state index contributed by atoms with van der Waals surface area (Å²) < 4.78 is 1.90. The first kappa shape index (κ1) is 14.2. The van der Waals surface area contributed by atoms with Gasteiger partial charge in [-0.1, -0.05) is 18.2 Å². The molecule has 0 spiro atoms. The zero-order valence-electron chi connectivity index (χ0n) is 14.0. The Morgan fingerprint density at radius 2 is 1.80 bits per heavy atom. The van der Waals surface area contributed by atoms with E-state index in [1.165, 1.54) is 11.1 Å². The molecule has 5 heteroatoms. The lowest BCUT2D eigenvalue weighted by Crippen LogP contribution is -2.17. The van der Waals surface area contributed by atoms with E-state index in [2.05, 4.69) is 42.0 Å². The van der Waals surface area contributed by atoms with Crippen LogP contribution in [0, 0.1) is 13.8 Å². The summed E-state index contributed by atoms with van der Waals surface area (Å²) in [7, 11) is 0. The predicted octanol–water partition coefficient (Wildman–Crippen LogP) is 3.83. The minimum atomic E-state index is 0.0579. The number of fused-ring (bicyclic) bond motifs is 5. The van der Waals surface area contributed by atoms with Gasteiger partial charge in [-0.05, 0) is 49.2 Å². The van der Waals surface area contributed by atoms with Crippen molar-refractivity contribution in [2.75, 3.05) is 11.4 Å². The first-order chi connectivity index (χ1) is 12.1. The van der Waals surface area contributed by atoms with E-state index >= 15 is 0 Å². The summed E-state index contributed by atoms with van der Waals surface area (Å²) in [5, 5.41) is 0. The number of aromatic nitrogens is 3. The van der Waals surface area contributed by atoms with Crippen molar-refractivity contribution in [1.82, 2.24) is 14.4 Å². The summed E-state index contributed by atoms with van der Waals surface area (Å²) in [6.07, 6.45) is 1.76. The Kier molecular flexibility index (Phi) is 2.77. The third-order valence-corrected chi connectivity index (χ3v) is 4.69. The summed E-state index contributed by atoms with van der Waals surface area (Å²) in [5.41, 5.74) is 6.46. The summed E-state index contributed by atoms with van der Waals surface area (Å²) in [6, 6.07) is 14.2. The fourth-order valence-corrected chi connectivity index (χ4v) is 3.69. The number of imidazole rings is 1. The lowest BCUT2D eigenvalue weighted by Gasteiger charge is -2.18. The molecule has 25 heavy (non-hydrogen) atoms. The highest BCUT2D eigenvalue weighted by Crippen LogP contribution is 2.36. The lowest BCUT2D eigenvalue weighted by atomic mass is 10.1. The van der Waals surface area contributed by atoms with Crippen LogP contribution in [0.2, 0.25) is 0 Å². The number of aryl methyl sites for hydroxylation is 2. The second-order valence-electron chi connectivity index (χ2n) is 6.59. The van der Waals surface area contributed by atoms with Gasteiger partial charge >= 0.3 is 0 Å². The number of carbonyl (C=O) groups excluding carboxylic acids is 1. The van der Waals surface area contributed by atoms with E-state index in [1.54, 1.807) is 6.33 Å². The van der Waals surface area contributed by atoms with Gasteiger partial charge in [0.2, 0.25) is 0 Å². The van der Waals surface area contributed by atoms with Crippen LogP contribution in [0.25, 0.3) is 16.7 Å². The SMILES string of the molecule is Cc1cc(C)cc(N2CC(=O)c3c2ncn2c3nc3ccccc32)c1. The summed E-state index contributed by atoms with van der Waals surface area (Å²) in [4.78, 5) is 24.0. The lowest BCUT2D eigenvalue weighted by molar-refractivity contribution is 0.101. The molecule has 2 aromatic carbocycles. The number of Topliss-reactive ketones (excluding diaryl/α,β-unsaturated/α-hetero) is 1. The fraction of sp³-hybridized carbons (Fsp3) is 0.150. The zero-order valence-corrected chi connectivity index (χ0v) is 14.0. The van der Waals surface area contributed by atoms with Crippen LogP contribution in [0.4, 0.5) is 11.5 Å². The van der Waals surface area contributed by atoms with Gasteiger partial charge in [0.1, 0.15) is 17.7 Å². The first-order valence-corrected chi connectivity index (χ1v) is 8.26. The molecule has 122 valence electrons. The number of ketones is 1. The fourth-order valence-electron chi connectivity index (χ4n) is 3.69. The van der Waals surface area contributed by atoms with Crippen molar-refractivity contribution in [3.05, 3.63) is 65.5 Å². The van der Waals surface area contributed by atoms with Crippen LogP contribution in [0.3, 0.4) is 0 Å². The quantitative estimate of drug-likeness (QED) is 0.533. The molecule has 4 aromatic rings. The highest BCUT2D eigenvalue weighted by atomic mass is 16.1. The number of nitrogens with zero attached hydrogens (tertiary/aromatic N) is 4. The second kappa shape index (κ2) is 4.89. The molecule has 1 aliphatic rings. The maximum absolute atomic E-state index is 12.8. The molecular weight excluding hydrogens is 312 g/mol. The molecule has 3 heterocycles. The Hall–Kier alpha value is -3.21. The number of anilines is 2. The van der Waals surface area contributed by atoms with Gasteiger partial charge < -0.3 is 4.90 Å². The van der Waals surface area contributed by atoms with Crippen LogP contribution >= 0.6 is 0 Å². The van der Waals surface area contributed by atoms with Gasteiger partial charge in [-0.25, -0.2) is 9.97 Å². The van der Waals surface area contributed by atoms with Gasteiger partial charge in [-0.2, -0.15) is 0 Å². The molecule has 0 saturated heterocycles. The molecule has 0 aliphatic carbocycles. The summed E-state index contributed by atoms with van der Waals surface area (Å²) in [6.45, 7) is 4.43. The summed E-state index contributed by atoms with van der Waals surface area (Å²) >= 11 is 0. The highest BCUT2D eigenvalue weighted by Gasteiger charge is 2.32. The van der Waals surface area contributed by atoms with Crippen LogP contribution in [0.1, 0.15) is 21.5 Å². The monoisotopic (exact) mass is 328 g/mol. The topological polar surface area (TPSA) is 50.5 Å². The van der Waals surface area contributed by atoms with Crippen molar-refractivity contribution in [2.45, 2.75) is 13.8 Å². The van der Waals surface area contributed by atoms with E-state index in [0.29, 0.717) is 23.6 Å². The molecule has 0 atom stereocenters. The molecule has 1 aliphatic heterocycles. The van der Waals surface area contributed by atoms with Crippen LogP contribution in [-0.4, -0.2) is 26.7 Å². The minimum Gasteiger partial charge on any atom is -0.318 e. The molecule has 0 N–H and O–H groups in total. The normalized spacial score (nSPS) is 13.8. The van der Waals surface area contributed by atoms with Crippen LogP contribution < -0.4 is 4.90 Å².